The van der Waals surface area contributed by atoms with Gasteiger partial charge in [-0.15, -0.1) is 0 Å². The van der Waals surface area contributed by atoms with Gasteiger partial charge >= 0.3 is 0 Å². The van der Waals surface area contributed by atoms with Gasteiger partial charge in [-0.05, 0) is 69.6 Å². The van der Waals surface area contributed by atoms with Gasteiger partial charge in [-0.25, -0.2) is 4.68 Å². The highest BCUT2D eigenvalue weighted by molar-refractivity contribution is 5.93. The summed E-state index contributed by atoms with van der Waals surface area (Å²) in [5.74, 6) is 0.501. The molecular weight excluding hydrogens is 328 g/mol. The van der Waals surface area contributed by atoms with E-state index in [1.807, 2.05) is 36.5 Å². The molecule has 138 valence electrons. The van der Waals surface area contributed by atoms with Gasteiger partial charge < -0.3 is 15.0 Å². The Morgan fingerprint density at radius 3 is 2.85 bits per heavy atom. The molecule has 0 spiro atoms. The zero-order valence-corrected chi connectivity index (χ0v) is 15.2. The third-order valence-electron chi connectivity index (χ3n) is 5.58. The second-order valence-corrected chi connectivity index (χ2v) is 7.36. The number of carbonyl (C=O) groups is 1. The fraction of sp³-hybridized carbons (Fsp3) is 0.500. The van der Waals surface area contributed by atoms with Crippen LogP contribution in [-0.2, 0) is 9.53 Å². The minimum Gasteiger partial charge on any atom is -0.377 e. The van der Waals surface area contributed by atoms with Crippen LogP contribution in [0.4, 0.5) is 5.69 Å². The van der Waals surface area contributed by atoms with E-state index in [0.717, 1.165) is 43.7 Å². The summed E-state index contributed by atoms with van der Waals surface area (Å²) in [6.45, 7) is 2.86. The molecule has 0 unspecified atom stereocenters. The second kappa shape index (κ2) is 7.60. The van der Waals surface area contributed by atoms with Gasteiger partial charge in [0.15, 0.2) is 0 Å². The lowest BCUT2D eigenvalue weighted by Gasteiger charge is -2.34. The Morgan fingerprint density at radius 2 is 2.08 bits per heavy atom. The maximum atomic E-state index is 12.9. The number of anilines is 1. The van der Waals surface area contributed by atoms with Crippen LogP contribution in [-0.4, -0.2) is 53.4 Å². The van der Waals surface area contributed by atoms with Crippen molar-refractivity contribution in [2.24, 2.45) is 11.8 Å². The first-order chi connectivity index (χ1) is 12.7. The van der Waals surface area contributed by atoms with Crippen LogP contribution in [0.5, 0.6) is 0 Å². The molecule has 2 fully saturated rings. The van der Waals surface area contributed by atoms with Crippen LogP contribution in [0.2, 0.25) is 0 Å². The van der Waals surface area contributed by atoms with E-state index in [1.165, 1.54) is 0 Å². The molecule has 1 amide bonds. The molecular formula is C20H26N4O2. The van der Waals surface area contributed by atoms with Crippen molar-refractivity contribution in [3.63, 3.8) is 0 Å². The van der Waals surface area contributed by atoms with Crippen molar-refractivity contribution in [2.75, 3.05) is 32.1 Å². The molecule has 6 nitrogen and oxygen atoms in total. The topological polar surface area (TPSA) is 59.4 Å². The highest BCUT2D eigenvalue weighted by Gasteiger charge is 2.40. The van der Waals surface area contributed by atoms with E-state index in [1.54, 1.807) is 10.9 Å². The van der Waals surface area contributed by atoms with Gasteiger partial charge in [-0.3, -0.25) is 4.79 Å². The van der Waals surface area contributed by atoms with Gasteiger partial charge in [0.05, 0.1) is 17.7 Å². The van der Waals surface area contributed by atoms with Crippen molar-refractivity contribution in [1.82, 2.24) is 14.7 Å². The third kappa shape index (κ3) is 3.66. The Morgan fingerprint density at radius 1 is 1.23 bits per heavy atom. The molecule has 1 N–H and O–H groups in total. The summed E-state index contributed by atoms with van der Waals surface area (Å²) in [5, 5.41) is 7.34. The summed E-state index contributed by atoms with van der Waals surface area (Å²) in [5.41, 5.74) is 1.74. The van der Waals surface area contributed by atoms with E-state index in [-0.39, 0.29) is 17.9 Å². The molecule has 0 bridgehead atoms. The molecule has 2 aliphatic heterocycles. The molecule has 2 atom stereocenters. The molecule has 1 aromatic heterocycles. The first-order valence-electron chi connectivity index (χ1n) is 9.42. The largest absolute Gasteiger partial charge is 0.377 e. The van der Waals surface area contributed by atoms with Crippen LogP contribution in [0.15, 0.2) is 42.7 Å². The van der Waals surface area contributed by atoms with E-state index < -0.39 is 0 Å². The van der Waals surface area contributed by atoms with Crippen LogP contribution in [0.3, 0.4) is 0 Å². The van der Waals surface area contributed by atoms with Crippen LogP contribution >= 0.6 is 0 Å². The van der Waals surface area contributed by atoms with Crippen LogP contribution < -0.4 is 5.32 Å². The molecule has 0 radical (unpaired) electrons. The van der Waals surface area contributed by atoms with Gasteiger partial charge in [-0.1, -0.05) is 6.07 Å². The lowest BCUT2D eigenvalue weighted by atomic mass is 9.84. The predicted octanol–water partition coefficient (Wildman–Crippen LogP) is 2.56. The molecule has 2 aliphatic rings. The molecule has 6 heteroatoms. The molecule has 1 aromatic carbocycles. The number of hydrogen-bond donors (Lipinski definition) is 1. The standard InChI is InChI=1S/C20H26N4O2/c1-23-11-6-15(7-12-23)19-18(8-13-26-19)20(25)22-16-4-2-5-17(14-16)24-10-3-9-21-24/h2-5,9-10,14-15,18-19H,6-8,11-13H2,1H3,(H,22,25)/t18-,19+/m1/s1. The summed E-state index contributed by atoms with van der Waals surface area (Å²) in [4.78, 5) is 15.3. The van der Waals surface area contributed by atoms with Crippen molar-refractivity contribution >= 4 is 11.6 Å². The predicted molar refractivity (Wildman–Crippen MR) is 100 cm³/mol. The van der Waals surface area contributed by atoms with Crippen LogP contribution in [0.25, 0.3) is 5.69 Å². The van der Waals surface area contributed by atoms with Crippen molar-refractivity contribution in [1.29, 1.82) is 0 Å². The summed E-state index contributed by atoms with van der Waals surface area (Å²) in [6.07, 6.45) is 6.72. The summed E-state index contributed by atoms with van der Waals surface area (Å²) >= 11 is 0. The van der Waals surface area contributed by atoms with Crippen molar-refractivity contribution in [2.45, 2.75) is 25.4 Å². The van der Waals surface area contributed by atoms with Gasteiger partial charge in [0, 0.05) is 24.7 Å². The molecule has 0 saturated carbocycles. The molecule has 3 heterocycles. The number of piperidine rings is 1. The zero-order chi connectivity index (χ0) is 17.9. The van der Waals surface area contributed by atoms with Crippen LogP contribution in [0, 0.1) is 11.8 Å². The number of rotatable bonds is 4. The second-order valence-electron chi connectivity index (χ2n) is 7.36. The molecule has 2 saturated heterocycles. The third-order valence-corrected chi connectivity index (χ3v) is 5.58. The van der Waals surface area contributed by atoms with Gasteiger partial charge in [0.1, 0.15) is 0 Å². The Kier molecular flexibility index (Phi) is 5.04. The lowest BCUT2D eigenvalue weighted by Crippen LogP contribution is -2.40. The average Bonchev–Trinajstić information content (AvgIpc) is 3.35. The Labute approximate surface area is 154 Å². The van der Waals surface area contributed by atoms with Gasteiger partial charge in [0.2, 0.25) is 5.91 Å². The Bertz CT molecular complexity index is 738. The average molecular weight is 354 g/mol. The molecule has 0 aliphatic carbocycles. The first-order valence-corrected chi connectivity index (χ1v) is 9.42. The number of amides is 1. The number of nitrogens with zero attached hydrogens (tertiary/aromatic N) is 3. The number of aromatic nitrogens is 2. The number of ether oxygens (including phenoxy) is 1. The minimum absolute atomic E-state index is 0.0537. The molecule has 4 rings (SSSR count). The quantitative estimate of drug-likeness (QED) is 0.917. The SMILES string of the molecule is CN1CCC([C@@H]2OCC[C@H]2C(=O)Nc2cccc(-n3cccn3)c2)CC1. The smallest absolute Gasteiger partial charge is 0.230 e. The van der Waals surface area contributed by atoms with E-state index in [9.17, 15) is 4.79 Å². The zero-order valence-electron chi connectivity index (χ0n) is 15.2. The van der Waals surface area contributed by atoms with E-state index in [4.69, 9.17) is 4.74 Å². The first kappa shape index (κ1) is 17.2. The highest BCUT2D eigenvalue weighted by atomic mass is 16.5. The summed E-state index contributed by atoms with van der Waals surface area (Å²) in [6, 6.07) is 9.67. The molecule has 26 heavy (non-hydrogen) atoms. The number of likely N-dealkylation sites (tertiary alicyclic amines) is 1. The van der Waals surface area contributed by atoms with Crippen molar-refractivity contribution in [3.05, 3.63) is 42.7 Å². The van der Waals surface area contributed by atoms with E-state index >= 15 is 0 Å². The fourth-order valence-corrected chi connectivity index (χ4v) is 4.10. The van der Waals surface area contributed by atoms with E-state index in [2.05, 4.69) is 22.4 Å². The lowest BCUT2D eigenvalue weighted by molar-refractivity contribution is -0.122. The maximum Gasteiger partial charge on any atom is 0.230 e. The van der Waals surface area contributed by atoms with Crippen molar-refractivity contribution < 1.29 is 9.53 Å². The number of benzene rings is 1. The monoisotopic (exact) mass is 354 g/mol. The van der Waals surface area contributed by atoms with E-state index in [0.29, 0.717) is 12.5 Å². The Hall–Kier alpha value is -2.18. The summed E-state index contributed by atoms with van der Waals surface area (Å²) < 4.78 is 7.78. The minimum atomic E-state index is -0.0586. The number of carbonyl (C=O) groups excluding carboxylic acids is 1. The van der Waals surface area contributed by atoms with Crippen LogP contribution in [0.1, 0.15) is 19.3 Å². The van der Waals surface area contributed by atoms with Gasteiger partial charge in [0.25, 0.3) is 0 Å². The maximum absolute atomic E-state index is 12.9. The normalized spacial score (nSPS) is 24.7. The van der Waals surface area contributed by atoms with Gasteiger partial charge in [-0.2, -0.15) is 5.10 Å². The summed E-state index contributed by atoms with van der Waals surface area (Å²) in [7, 11) is 2.16. The molecule has 2 aromatic rings. The number of nitrogens with one attached hydrogen (secondary N) is 1. The number of hydrogen-bond acceptors (Lipinski definition) is 4. The highest BCUT2D eigenvalue weighted by Crippen LogP contribution is 2.33. The Balaban J connectivity index is 1.43. The van der Waals surface area contributed by atoms with Crippen molar-refractivity contribution in [3.8, 4) is 5.69 Å². The fourth-order valence-electron chi connectivity index (χ4n) is 4.10.